The molecule has 0 aromatic rings. The first-order chi connectivity index (χ1) is 11.7. The molecule has 2 saturated heterocycles. The molecule has 2 heterocycles. The number of carbonyl (C=O) groups is 2. The van der Waals surface area contributed by atoms with Crippen LogP contribution < -0.4 is 0 Å². The fourth-order valence-electron chi connectivity index (χ4n) is 1.97. The van der Waals surface area contributed by atoms with E-state index in [0.717, 1.165) is 0 Å². The molecule has 0 radical (unpaired) electrons. The number of carbonyl (C=O) groups excluding carboxylic acids is 2. The second-order valence-corrected chi connectivity index (χ2v) is 6.65. The molecule has 0 N–H and O–H groups in total. The molecule has 6 nitrogen and oxygen atoms in total. The second-order valence-electron chi connectivity index (χ2n) is 4.84. The molecule has 0 aromatic carbocycles. The monoisotopic (exact) mass is 452 g/mol. The molecule has 0 aliphatic carbocycles. The van der Waals surface area contributed by atoms with Crippen LogP contribution in [-0.4, -0.2) is 47.8 Å². The third kappa shape index (κ3) is 2.63. The number of halogens is 12. The van der Waals surface area contributed by atoms with Gasteiger partial charge in [0.2, 0.25) is 0 Å². The summed E-state index contributed by atoms with van der Waals surface area (Å²) in [5.41, 5.74) is -12.1. The maximum absolute atomic E-state index is 12.8. The predicted octanol–water partition coefficient (Wildman–Crippen LogP) is 3.27. The van der Waals surface area contributed by atoms with Crippen LogP contribution in [0.3, 0.4) is 0 Å². The Bertz CT molecular complexity index is 587. The molecule has 0 atom stereocenters. The van der Waals surface area contributed by atoms with Crippen LogP contribution in [0.15, 0.2) is 0 Å². The number of hydrogen-bond donors (Lipinski definition) is 0. The van der Waals surface area contributed by atoms with E-state index in [0.29, 0.717) is 0 Å². The first-order valence-corrected chi connectivity index (χ1v) is 7.44. The number of alkyl halides is 12. The van der Waals surface area contributed by atoms with Crippen molar-refractivity contribution in [3.05, 3.63) is 0 Å². The third-order valence-corrected chi connectivity index (χ3v) is 5.15. The van der Waals surface area contributed by atoms with Crippen LogP contribution in [0.4, 0.5) is 52.7 Å². The summed E-state index contributed by atoms with van der Waals surface area (Å²) in [5, 5.41) is 0. The summed E-state index contributed by atoms with van der Waals surface area (Å²) in [6.45, 7) is 0. The second kappa shape index (κ2) is 5.28. The molecule has 2 rings (SSSR count). The van der Waals surface area contributed by atoms with E-state index in [-0.39, 0.29) is 0 Å². The molecule has 2 aliphatic rings. The SMILES string of the molecule is O=C1O[PH]2(OC(=O)C(C(F)(F)F)(C(F)(F)F)O2)OC1(C(F)(F)F)C(F)(F)F. The van der Waals surface area contributed by atoms with Gasteiger partial charge in [-0.2, -0.15) is 0 Å². The van der Waals surface area contributed by atoms with E-state index in [2.05, 4.69) is 18.1 Å². The zero-order chi connectivity index (χ0) is 21.5. The van der Waals surface area contributed by atoms with Crippen LogP contribution in [0.25, 0.3) is 0 Å². The first-order valence-electron chi connectivity index (χ1n) is 5.81. The van der Waals surface area contributed by atoms with Gasteiger partial charge in [-0.25, -0.2) is 0 Å². The van der Waals surface area contributed by atoms with Gasteiger partial charge in [0.05, 0.1) is 0 Å². The molecule has 27 heavy (non-hydrogen) atoms. The average Bonchev–Trinajstić information content (AvgIpc) is 2.82. The van der Waals surface area contributed by atoms with Gasteiger partial charge in [0.25, 0.3) is 0 Å². The molecule has 0 unspecified atom stereocenters. The van der Waals surface area contributed by atoms with Crippen LogP contribution >= 0.6 is 8.17 Å². The van der Waals surface area contributed by atoms with Crippen molar-refractivity contribution in [1.29, 1.82) is 0 Å². The minimum atomic E-state index is -6.88. The third-order valence-electron chi connectivity index (χ3n) is 3.16. The van der Waals surface area contributed by atoms with Gasteiger partial charge < -0.3 is 0 Å². The van der Waals surface area contributed by atoms with Gasteiger partial charge >= 0.3 is 136 Å². The van der Waals surface area contributed by atoms with Crippen molar-refractivity contribution in [1.82, 2.24) is 0 Å². The number of rotatable bonds is 0. The van der Waals surface area contributed by atoms with E-state index >= 15 is 0 Å². The van der Waals surface area contributed by atoms with Gasteiger partial charge in [-0.05, 0) is 0 Å². The standard InChI is InChI=1S/C8HF12O6P/c9-5(10,11)3(6(12,13)14)1(21)23-27(25-3)24-2(22)4(26-27,7(15,16)17)8(18,19)20/h27H. The predicted molar refractivity (Wildman–Crippen MR) is 52.4 cm³/mol. The van der Waals surface area contributed by atoms with E-state index in [1.54, 1.807) is 0 Å². The molecule has 0 bridgehead atoms. The van der Waals surface area contributed by atoms with Crippen LogP contribution in [0.1, 0.15) is 0 Å². The Kier molecular flexibility index (Phi) is 4.25. The molecule has 0 aromatic heterocycles. The Morgan fingerprint density at radius 3 is 0.926 bits per heavy atom. The van der Waals surface area contributed by atoms with Gasteiger partial charge in [-0.1, -0.05) is 0 Å². The molecule has 2 aliphatic heterocycles. The van der Waals surface area contributed by atoms with E-state index in [1.165, 1.54) is 0 Å². The van der Waals surface area contributed by atoms with Crippen molar-refractivity contribution in [2.45, 2.75) is 35.9 Å². The molecule has 2 fully saturated rings. The quantitative estimate of drug-likeness (QED) is 0.415. The van der Waals surface area contributed by atoms with Gasteiger partial charge in [0.1, 0.15) is 0 Å². The van der Waals surface area contributed by atoms with Gasteiger partial charge in [0.15, 0.2) is 0 Å². The summed E-state index contributed by atoms with van der Waals surface area (Å²) < 4.78 is 166. The summed E-state index contributed by atoms with van der Waals surface area (Å²) >= 11 is 0. The zero-order valence-electron chi connectivity index (χ0n) is 11.5. The maximum atomic E-state index is 12.8. The van der Waals surface area contributed by atoms with Crippen LogP contribution in [0.2, 0.25) is 0 Å². The van der Waals surface area contributed by atoms with Gasteiger partial charge in [-0.15, -0.1) is 0 Å². The summed E-state index contributed by atoms with van der Waals surface area (Å²) in [7, 11) is -6.88. The summed E-state index contributed by atoms with van der Waals surface area (Å²) in [6, 6.07) is 0. The Morgan fingerprint density at radius 2 is 0.778 bits per heavy atom. The van der Waals surface area contributed by atoms with Crippen molar-refractivity contribution in [3.8, 4) is 0 Å². The van der Waals surface area contributed by atoms with Crippen molar-refractivity contribution < 1.29 is 80.4 Å². The Hall–Kier alpha value is -1.55. The minimum absolute atomic E-state index is 3.11. The van der Waals surface area contributed by atoms with Crippen LogP contribution in [0, 0.1) is 0 Å². The fourth-order valence-corrected chi connectivity index (χ4v) is 4.34. The van der Waals surface area contributed by atoms with Crippen molar-refractivity contribution in [2.24, 2.45) is 0 Å². The average molecular weight is 452 g/mol. The number of hydrogen-bond acceptors (Lipinski definition) is 6. The molecule has 0 saturated carbocycles. The summed E-state index contributed by atoms with van der Waals surface area (Å²) in [4.78, 5) is 22.4. The molecular weight excluding hydrogens is 451 g/mol. The molecule has 0 amide bonds. The van der Waals surface area contributed by atoms with Crippen molar-refractivity contribution >= 4 is 20.1 Å². The Balaban J connectivity index is 2.64. The van der Waals surface area contributed by atoms with E-state index in [9.17, 15) is 62.3 Å². The topological polar surface area (TPSA) is 71.1 Å². The molecule has 158 valence electrons. The van der Waals surface area contributed by atoms with Gasteiger partial charge in [-0.3, -0.25) is 0 Å². The fraction of sp³-hybridized carbons (Fsp3) is 0.750. The Morgan fingerprint density at radius 1 is 0.556 bits per heavy atom. The Labute approximate surface area is 137 Å². The molecular formula is C8HF12O6P. The van der Waals surface area contributed by atoms with E-state index in [1.807, 2.05) is 0 Å². The van der Waals surface area contributed by atoms with Crippen LogP contribution in [-0.2, 0) is 27.7 Å². The van der Waals surface area contributed by atoms with E-state index < -0.39 is 56.0 Å². The molecule has 19 heteroatoms. The molecule has 1 spiro atoms. The zero-order valence-corrected chi connectivity index (χ0v) is 12.5. The normalized spacial score (nSPS) is 26.1. The summed E-state index contributed by atoms with van der Waals surface area (Å²) in [5.74, 6) is -7.02. The summed E-state index contributed by atoms with van der Waals surface area (Å²) in [6.07, 6.45) is -27.1. The van der Waals surface area contributed by atoms with Crippen molar-refractivity contribution in [3.63, 3.8) is 0 Å². The van der Waals surface area contributed by atoms with Gasteiger partial charge in [0, 0.05) is 0 Å². The van der Waals surface area contributed by atoms with Crippen LogP contribution in [0.5, 0.6) is 0 Å². The van der Waals surface area contributed by atoms with E-state index in [4.69, 9.17) is 0 Å². The van der Waals surface area contributed by atoms with Crippen molar-refractivity contribution in [2.75, 3.05) is 0 Å². The first kappa shape index (κ1) is 21.7.